The van der Waals surface area contributed by atoms with Crippen molar-refractivity contribution in [3.63, 3.8) is 0 Å². The minimum absolute atomic E-state index is 0.376. The molecule has 0 aromatic heterocycles. The van der Waals surface area contributed by atoms with E-state index in [1.807, 2.05) is 0 Å². The Labute approximate surface area is 204 Å². The largest absolute Gasteiger partial charge is 0.379 e. The Balaban J connectivity index is 1.41. The summed E-state index contributed by atoms with van der Waals surface area (Å²) in [4.78, 5) is 0. The summed E-state index contributed by atoms with van der Waals surface area (Å²) >= 11 is 0. The van der Waals surface area contributed by atoms with E-state index in [1.54, 1.807) is 0 Å². The van der Waals surface area contributed by atoms with Crippen molar-refractivity contribution in [1.29, 1.82) is 0 Å². The van der Waals surface area contributed by atoms with Gasteiger partial charge < -0.3 is 23.3 Å². The first-order valence-corrected chi connectivity index (χ1v) is 14.2. The lowest BCUT2D eigenvalue weighted by Gasteiger charge is -2.35. The van der Waals surface area contributed by atoms with Crippen LogP contribution in [0.3, 0.4) is 0 Å². The SMILES string of the molecule is CCCOP(OCCOCCOCCOCC[C@@H]1[C@@H]2CCC#CCC[C@@H]21)N(C(C)C)C(C)C. The highest BCUT2D eigenvalue weighted by molar-refractivity contribution is 7.44. The van der Waals surface area contributed by atoms with Crippen molar-refractivity contribution in [1.82, 2.24) is 4.67 Å². The normalized spacial score (nSPS) is 23.2. The van der Waals surface area contributed by atoms with Crippen molar-refractivity contribution < 1.29 is 23.3 Å². The highest BCUT2D eigenvalue weighted by Crippen LogP contribution is 2.54. The number of fused-ring (bicyclic) bond motifs is 1. The number of nitrogens with zero attached hydrogens (tertiary/aromatic N) is 1. The monoisotopic (exact) mass is 485 g/mol. The molecule has 0 aromatic rings. The predicted octanol–water partition coefficient (Wildman–Crippen LogP) is 5.65. The molecular weight excluding hydrogens is 437 g/mol. The summed E-state index contributed by atoms with van der Waals surface area (Å²) < 4.78 is 31.4. The van der Waals surface area contributed by atoms with Gasteiger partial charge in [-0.25, -0.2) is 4.67 Å². The van der Waals surface area contributed by atoms with E-state index in [0.29, 0.717) is 51.7 Å². The number of hydrogen-bond acceptors (Lipinski definition) is 6. The van der Waals surface area contributed by atoms with Gasteiger partial charge in [0.1, 0.15) is 0 Å². The molecule has 0 aromatic carbocycles. The summed E-state index contributed by atoms with van der Waals surface area (Å²) in [5, 5.41) is 0. The third-order valence-electron chi connectivity index (χ3n) is 6.26. The third-order valence-corrected chi connectivity index (χ3v) is 8.37. The molecule has 0 saturated heterocycles. The topological polar surface area (TPSA) is 49.4 Å². The minimum atomic E-state index is -1.05. The van der Waals surface area contributed by atoms with Gasteiger partial charge in [0.2, 0.25) is 0 Å². The second-order valence-corrected chi connectivity index (χ2v) is 11.0. The highest BCUT2D eigenvalue weighted by Gasteiger charge is 2.47. The summed E-state index contributed by atoms with van der Waals surface area (Å²) in [5.41, 5.74) is 0. The molecule has 2 aliphatic rings. The van der Waals surface area contributed by atoms with Crippen molar-refractivity contribution in [3.05, 3.63) is 0 Å². The second-order valence-electron chi connectivity index (χ2n) is 9.52. The van der Waals surface area contributed by atoms with Crippen LogP contribution in [0.4, 0.5) is 0 Å². The third kappa shape index (κ3) is 11.4. The van der Waals surface area contributed by atoms with Crippen LogP contribution in [-0.2, 0) is 23.3 Å². The predicted molar refractivity (Wildman–Crippen MR) is 135 cm³/mol. The molecule has 33 heavy (non-hydrogen) atoms. The maximum absolute atomic E-state index is 6.05. The smallest absolute Gasteiger partial charge is 0.259 e. The molecule has 1 unspecified atom stereocenters. The molecule has 0 bridgehead atoms. The maximum atomic E-state index is 6.05. The first-order valence-electron chi connectivity index (χ1n) is 13.1. The Morgan fingerprint density at radius 2 is 1.21 bits per heavy atom. The molecule has 0 N–H and O–H groups in total. The van der Waals surface area contributed by atoms with Gasteiger partial charge in [-0.1, -0.05) is 6.92 Å². The fraction of sp³-hybridized carbons (Fsp3) is 0.923. The van der Waals surface area contributed by atoms with Crippen molar-refractivity contribution in [2.75, 3.05) is 52.9 Å². The second kappa shape index (κ2) is 17.2. The summed E-state index contributed by atoms with van der Waals surface area (Å²) in [7, 11) is -1.05. The average Bonchev–Trinajstić information content (AvgIpc) is 3.40. The minimum Gasteiger partial charge on any atom is -0.379 e. The Kier molecular flexibility index (Phi) is 15.1. The van der Waals surface area contributed by atoms with E-state index >= 15 is 0 Å². The van der Waals surface area contributed by atoms with Gasteiger partial charge in [0.15, 0.2) is 0 Å². The van der Waals surface area contributed by atoms with Crippen LogP contribution in [-0.4, -0.2) is 69.6 Å². The van der Waals surface area contributed by atoms with Gasteiger partial charge in [0.25, 0.3) is 8.53 Å². The van der Waals surface area contributed by atoms with Gasteiger partial charge in [-0.2, -0.15) is 0 Å². The average molecular weight is 486 g/mol. The fourth-order valence-corrected chi connectivity index (χ4v) is 6.38. The molecule has 0 spiro atoms. The van der Waals surface area contributed by atoms with Crippen LogP contribution in [0.25, 0.3) is 0 Å². The highest BCUT2D eigenvalue weighted by atomic mass is 31.2. The Bertz CT molecular complexity index is 539. The quantitative estimate of drug-likeness (QED) is 0.134. The first-order chi connectivity index (χ1) is 16.1. The van der Waals surface area contributed by atoms with Gasteiger partial charge in [0.05, 0.1) is 46.2 Å². The number of ether oxygens (including phenoxy) is 3. The molecule has 192 valence electrons. The molecule has 0 amide bonds. The van der Waals surface area contributed by atoms with Gasteiger partial charge >= 0.3 is 0 Å². The molecule has 2 rings (SSSR count). The molecule has 2 aliphatic carbocycles. The van der Waals surface area contributed by atoms with E-state index < -0.39 is 8.53 Å². The molecule has 1 fully saturated rings. The Morgan fingerprint density at radius 1 is 0.727 bits per heavy atom. The first kappa shape index (κ1) is 29.0. The molecule has 4 atom stereocenters. The summed E-state index contributed by atoms with van der Waals surface area (Å²) in [6, 6.07) is 0.753. The lowest BCUT2D eigenvalue weighted by atomic mass is 10.1. The Morgan fingerprint density at radius 3 is 1.73 bits per heavy atom. The van der Waals surface area contributed by atoms with Crippen LogP contribution >= 0.6 is 8.53 Å². The summed E-state index contributed by atoms with van der Waals surface area (Å²) in [6.45, 7) is 15.9. The summed E-state index contributed by atoms with van der Waals surface area (Å²) in [6.07, 6.45) is 6.93. The van der Waals surface area contributed by atoms with Gasteiger partial charge in [-0.3, -0.25) is 0 Å². The molecule has 7 heteroatoms. The van der Waals surface area contributed by atoms with Crippen LogP contribution in [0.15, 0.2) is 0 Å². The van der Waals surface area contributed by atoms with E-state index in [9.17, 15) is 0 Å². The van der Waals surface area contributed by atoms with Gasteiger partial charge in [-0.15, -0.1) is 11.8 Å². The van der Waals surface area contributed by atoms with Crippen LogP contribution in [0.2, 0.25) is 0 Å². The van der Waals surface area contributed by atoms with Crippen LogP contribution < -0.4 is 0 Å². The molecule has 0 heterocycles. The summed E-state index contributed by atoms with van der Waals surface area (Å²) in [5.74, 6) is 9.25. The lowest BCUT2D eigenvalue weighted by Crippen LogP contribution is -2.34. The van der Waals surface area contributed by atoms with Crippen LogP contribution in [0.1, 0.15) is 73.1 Å². The zero-order chi connectivity index (χ0) is 23.9. The standard InChI is InChI=1S/C26H48NO5P/c1-6-14-31-33(27(22(2)3)23(4)5)32-21-20-30-19-18-29-17-16-28-15-13-26-24-11-9-7-8-10-12-25(24)26/h22-26H,6,9-21H2,1-5H3/t24-,25+,26-,33?. The molecule has 6 nitrogen and oxygen atoms in total. The van der Waals surface area contributed by atoms with E-state index in [1.165, 1.54) is 19.3 Å². The van der Waals surface area contributed by atoms with E-state index in [4.69, 9.17) is 23.3 Å². The number of rotatable bonds is 19. The van der Waals surface area contributed by atoms with E-state index in [-0.39, 0.29) is 0 Å². The van der Waals surface area contributed by atoms with Crippen molar-refractivity contribution in [3.8, 4) is 11.8 Å². The number of hydrogen-bond donors (Lipinski definition) is 0. The molecule has 1 saturated carbocycles. The van der Waals surface area contributed by atoms with E-state index in [2.05, 4.69) is 51.1 Å². The molecular formula is C26H48NO5P. The Hall–Kier alpha value is -0.250. The van der Waals surface area contributed by atoms with Crippen molar-refractivity contribution >= 4 is 8.53 Å². The van der Waals surface area contributed by atoms with E-state index in [0.717, 1.165) is 50.2 Å². The maximum Gasteiger partial charge on any atom is 0.259 e. The van der Waals surface area contributed by atoms with Crippen molar-refractivity contribution in [2.24, 2.45) is 17.8 Å². The van der Waals surface area contributed by atoms with Crippen LogP contribution in [0, 0.1) is 29.6 Å². The zero-order valence-electron chi connectivity index (χ0n) is 21.7. The fourth-order valence-electron chi connectivity index (χ4n) is 4.71. The van der Waals surface area contributed by atoms with Crippen LogP contribution in [0.5, 0.6) is 0 Å². The molecule has 0 radical (unpaired) electrons. The molecule has 0 aliphatic heterocycles. The van der Waals surface area contributed by atoms with Gasteiger partial charge in [-0.05, 0) is 71.1 Å². The lowest BCUT2D eigenvalue weighted by molar-refractivity contribution is 0.00713. The van der Waals surface area contributed by atoms with Crippen molar-refractivity contribution in [2.45, 2.75) is 85.2 Å². The van der Waals surface area contributed by atoms with Gasteiger partial charge in [0, 0.05) is 31.5 Å². The zero-order valence-corrected chi connectivity index (χ0v) is 22.6.